The summed E-state index contributed by atoms with van der Waals surface area (Å²) >= 11 is 0.930. The van der Waals surface area contributed by atoms with Gasteiger partial charge in [0.1, 0.15) is 0 Å². The van der Waals surface area contributed by atoms with E-state index in [9.17, 15) is 18.7 Å². The van der Waals surface area contributed by atoms with Crippen LogP contribution in [0.25, 0.3) is 11.3 Å². The molecule has 0 spiro atoms. The minimum atomic E-state index is -2.05. The molecule has 0 radical (unpaired) electrons. The topological polar surface area (TPSA) is 79.5 Å². The van der Waals surface area contributed by atoms with E-state index in [4.69, 9.17) is 5.73 Å². The number of anilines is 2. The minimum Gasteiger partial charge on any atom is -0.375 e. The van der Waals surface area contributed by atoms with E-state index in [0.717, 1.165) is 23.5 Å². The predicted molar refractivity (Wildman–Crippen MR) is 104 cm³/mol. The van der Waals surface area contributed by atoms with Gasteiger partial charge in [-0.3, -0.25) is 4.79 Å². The Morgan fingerprint density at radius 2 is 2.00 bits per heavy atom. The number of nitrogens with two attached hydrogens (primary N) is 1. The van der Waals surface area contributed by atoms with E-state index in [2.05, 4.69) is 11.6 Å². The third-order valence-corrected chi connectivity index (χ3v) is 5.61. The number of rotatable bonds is 4. The molecule has 0 saturated heterocycles. The lowest BCUT2D eigenvalue weighted by Gasteiger charge is -2.22. The van der Waals surface area contributed by atoms with Gasteiger partial charge in [-0.2, -0.15) is 0 Å². The first kappa shape index (κ1) is 18.3. The van der Waals surface area contributed by atoms with Gasteiger partial charge < -0.3 is 15.7 Å². The molecule has 1 atom stereocenters. The summed E-state index contributed by atoms with van der Waals surface area (Å²) < 4.78 is 27.1. The average molecular weight is 399 g/mol. The maximum atomic E-state index is 13.8. The first-order valence-corrected chi connectivity index (χ1v) is 9.16. The van der Waals surface area contributed by atoms with Crippen molar-refractivity contribution in [2.45, 2.75) is 5.60 Å². The van der Waals surface area contributed by atoms with Crippen molar-refractivity contribution < 1.29 is 18.7 Å². The highest BCUT2D eigenvalue weighted by atomic mass is 32.1. The average Bonchev–Trinajstić information content (AvgIpc) is 3.17. The summed E-state index contributed by atoms with van der Waals surface area (Å²) in [6.45, 7) is 3.86. The number of nitrogen functional groups attached to an aromatic ring is 1. The number of aliphatic hydroxyl groups is 1. The van der Waals surface area contributed by atoms with Crippen LogP contribution in [0, 0.1) is 11.6 Å². The highest BCUT2D eigenvalue weighted by Gasteiger charge is 2.53. The Balaban J connectivity index is 1.95. The fourth-order valence-corrected chi connectivity index (χ4v) is 4.34. The summed E-state index contributed by atoms with van der Waals surface area (Å²) in [4.78, 5) is 19.0. The van der Waals surface area contributed by atoms with Gasteiger partial charge in [0.25, 0.3) is 5.91 Å². The Hall–Kier alpha value is -3.10. The Morgan fingerprint density at radius 1 is 1.25 bits per heavy atom. The van der Waals surface area contributed by atoms with Crippen LogP contribution in [-0.2, 0) is 10.4 Å². The zero-order chi connectivity index (χ0) is 20.1. The summed E-state index contributed by atoms with van der Waals surface area (Å²) in [6, 6.07) is 10.1. The van der Waals surface area contributed by atoms with Crippen molar-refractivity contribution in [2.75, 3.05) is 17.2 Å². The molecule has 0 saturated carbocycles. The molecular weight excluding hydrogens is 384 g/mol. The van der Waals surface area contributed by atoms with Crippen LogP contribution in [0.2, 0.25) is 0 Å². The van der Waals surface area contributed by atoms with E-state index in [0.29, 0.717) is 11.3 Å². The minimum absolute atomic E-state index is 0.0932. The molecule has 0 unspecified atom stereocenters. The molecule has 3 N–H and O–H groups in total. The molecular formula is C20H15F2N3O2S. The van der Waals surface area contributed by atoms with Gasteiger partial charge >= 0.3 is 0 Å². The quantitative estimate of drug-likeness (QED) is 0.659. The molecule has 1 amide bonds. The van der Waals surface area contributed by atoms with Gasteiger partial charge in [-0.15, -0.1) is 6.58 Å². The van der Waals surface area contributed by atoms with Crippen molar-refractivity contribution in [3.63, 3.8) is 0 Å². The molecule has 1 aliphatic rings. The van der Waals surface area contributed by atoms with E-state index in [1.165, 1.54) is 11.0 Å². The van der Waals surface area contributed by atoms with Crippen molar-refractivity contribution in [1.29, 1.82) is 0 Å². The molecule has 1 aromatic heterocycles. The second-order valence-electron chi connectivity index (χ2n) is 6.29. The number of carbonyl (C=O) groups excluding carboxylic acids is 1. The third kappa shape index (κ3) is 2.53. The lowest BCUT2D eigenvalue weighted by Crippen LogP contribution is -2.41. The van der Waals surface area contributed by atoms with Crippen LogP contribution in [0.5, 0.6) is 0 Å². The van der Waals surface area contributed by atoms with Crippen molar-refractivity contribution in [3.8, 4) is 11.3 Å². The fourth-order valence-electron chi connectivity index (χ4n) is 3.39. The first-order chi connectivity index (χ1) is 13.4. The van der Waals surface area contributed by atoms with Gasteiger partial charge in [-0.25, -0.2) is 13.8 Å². The fraction of sp³-hybridized carbons (Fsp3) is 0.100. The molecule has 5 nitrogen and oxygen atoms in total. The Morgan fingerprint density at radius 3 is 2.71 bits per heavy atom. The summed E-state index contributed by atoms with van der Waals surface area (Å²) in [5, 5.41) is 11.7. The highest BCUT2D eigenvalue weighted by molar-refractivity contribution is 7.16. The molecule has 0 bridgehead atoms. The van der Waals surface area contributed by atoms with E-state index in [1.54, 1.807) is 30.3 Å². The molecule has 4 rings (SSSR count). The summed E-state index contributed by atoms with van der Waals surface area (Å²) in [7, 11) is 0. The number of fused-ring (bicyclic) bond motifs is 1. The molecule has 1 aliphatic heterocycles. The van der Waals surface area contributed by atoms with Gasteiger partial charge in [0.05, 0.1) is 16.3 Å². The number of hydrogen-bond donors (Lipinski definition) is 2. The number of amides is 1. The first-order valence-electron chi connectivity index (χ1n) is 8.35. The molecule has 3 aromatic rings. The van der Waals surface area contributed by atoms with E-state index < -0.39 is 23.1 Å². The standard InChI is InChI=1S/C20H15F2N3O2S/c1-2-9-25-15-6-4-3-5-12(15)20(27,18(25)26)17-16(24-19(23)28-17)11-7-8-13(21)14(22)10-11/h2-8,10,27H,1,9H2,(H2,23,24)/t20-/m0/s1. The Bertz CT molecular complexity index is 1110. The number of thiazole rings is 1. The summed E-state index contributed by atoms with van der Waals surface area (Å²) in [5.41, 5.74) is 5.06. The number of halogens is 2. The molecule has 8 heteroatoms. The summed E-state index contributed by atoms with van der Waals surface area (Å²) in [6.07, 6.45) is 1.55. The number of aromatic nitrogens is 1. The second kappa shape index (κ2) is 6.50. The van der Waals surface area contributed by atoms with E-state index >= 15 is 0 Å². The van der Waals surface area contributed by atoms with E-state index in [-0.39, 0.29) is 27.8 Å². The normalized spacial score (nSPS) is 18.4. The van der Waals surface area contributed by atoms with Crippen LogP contribution < -0.4 is 10.6 Å². The lowest BCUT2D eigenvalue weighted by atomic mass is 9.91. The van der Waals surface area contributed by atoms with Gasteiger partial charge in [-0.05, 0) is 24.3 Å². The second-order valence-corrected chi connectivity index (χ2v) is 7.32. The molecule has 28 heavy (non-hydrogen) atoms. The van der Waals surface area contributed by atoms with Crippen LogP contribution >= 0.6 is 11.3 Å². The smallest absolute Gasteiger partial charge is 0.269 e. The monoisotopic (exact) mass is 399 g/mol. The molecule has 142 valence electrons. The van der Waals surface area contributed by atoms with Gasteiger partial charge in [0.2, 0.25) is 5.60 Å². The molecule has 2 aromatic carbocycles. The zero-order valence-corrected chi connectivity index (χ0v) is 15.3. The predicted octanol–water partition coefficient (Wildman–Crippen LogP) is 3.44. The largest absolute Gasteiger partial charge is 0.375 e. The van der Waals surface area contributed by atoms with Gasteiger partial charge in [-0.1, -0.05) is 35.6 Å². The SMILES string of the molecule is C=CCN1C(=O)[C@@](O)(c2sc(N)nc2-c2ccc(F)c(F)c2)c2ccccc21. The number of carbonyl (C=O) groups is 1. The van der Waals surface area contributed by atoms with Crippen molar-refractivity contribution >= 4 is 28.1 Å². The number of hydrogen-bond acceptors (Lipinski definition) is 5. The number of para-hydroxylation sites is 1. The van der Waals surface area contributed by atoms with Crippen LogP contribution in [0.4, 0.5) is 19.6 Å². The van der Waals surface area contributed by atoms with Gasteiger partial charge in [0.15, 0.2) is 16.8 Å². The Kier molecular flexibility index (Phi) is 4.24. The maximum absolute atomic E-state index is 13.8. The van der Waals surface area contributed by atoms with Crippen LogP contribution in [-0.4, -0.2) is 22.5 Å². The van der Waals surface area contributed by atoms with Crippen LogP contribution in [0.3, 0.4) is 0 Å². The highest BCUT2D eigenvalue weighted by Crippen LogP contribution is 2.49. The van der Waals surface area contributed by atoms with Gasteiger partial charge in [0, 0.05) is 17.7 Å². The van der Waals surface area contributed by atoms with Crippen LogP contribution in [0.15, 0.2) is 55.1 Å². The van der Waals surface area contributed by atoms with Crippen molar-refractivity contribution in [1.82, 2.24) is 4.98 Å². The number of benzene rings is 2. The van der Waals surface area contributed by atoms with E-state index in [1.807, 2.05) is 0 Å². The Labute approximate surface area is 163 Å². The lowest BCUT2D eigenvalue weighted by molar-refractivity contribution is -0.131. The molecule has 0 fully saturated rings. The summed E-state index contributed by atoms with van der Waals surface area (Å²) in [5.74, 6) is -2.65. The maximum Gasteiger partial charge on any atom is 0.269 e. The third-order valence-electron chi connectivity index (χ3n) is 4.62. The van der Waals surface area contributed by atoms with Crippen molar-refractivity contribution in [2.24, 2.45) is 0 Å². The van der Waals surface area contributed by atoms with Crippen molar-refractivity contribution in [3.05, 3.63) is 77.2 Å². The molecule has 0 aliphatic carbocycles. The zero-order valence-electron chi connectivity index (χ0n) is 14.5. The van der Waals surface area contributed by atoms with Crippen LogP contribution in [0.1, 0.15) is 10.4 Å². The molecule has 2 heterocycles. The number of nitrogens with zero attached hydrogens (tertiary/aromatic N) is 2.